The fraction of sp³-hybridized carbons (Fsp3) is 0.0952. The second-order valence-electron chi connectivity index (χ2n) is 6.37. The molecule has 0 bridgehead atoms. The topological polar surface area (TPSA) is 59.8 Å². The molecule has 0 saturated heterocycles. The second kappa shape index (κ2) is 6.96. The second-order valence-corrected chi connectivity index (χ2v) is 7.28. The molecule has 134 valence electrons. The summed E-state index contributed by atoms with van der Waals surface area (Å²) in [5.41, 5.74) is 4.35. The maximum absolute atomic E-state index is 12.7. The third kappa shape index (κ3) is 3.48. The molecule has 2 heterocycles. The number of hydrogen-bond acceptors (Lipinski definition) is 3. The molecule has 0 spiro atoms. The van der Waals surface area contributed by atoms with Crippen molar-refractivity contribution in [3.05, 3.63) is 76.4 Å². The minimum absolute atomic E-state index is 0.194. The van der Waals surface area contributed by atoms with Gasteiger partial charge >= 0.3 is 0 Å². The summed E-state index contributed by atoms with van der Waals surface area (Å²) < 4.78 is 2.58. The van der Waals surface area contributed by atoms with Crippen LogP contribution in [0, 0.1) is 6.92 Å². The lowest BCUT2D eigenvalue weighted by molar-refractivity contribution is 0.102. The number of benzene rings is 2. The summed E-state index contributed by atoms with van der Waals surface area (Å²) in [5, 5.41) is 8.44. The first kappa shape index (κ1) is 17.4. The number of carbonyl (C=O) groups excluding carboxylic acids is 1. The normalized spacial score (nSPS) is 10.9. The molecule has 2 aromatic heterocycles. The van der Waals surface area contributed by atoms with Gasteiger partial charge in [0.25, 0.3) is 5.91 Å². The van der Waals surface area contributed by atoms with E-state index in [9.17, 15) is 4.79 Å². The number of hydrogen-bond donors (Lipinski definition) is 1. The number of fused-ring (bicyclic) bond motifs is 1. The number of pyridine rings is 1. The number of carbonyl (C=O) groups is 1. The van der Waals surface area contributed by atoms with Crippen LogP contribution in [-0.4, -0.2) is 20.7 Å². The van der Waals surface area contributed by atoms with Gasteiger partial charge in [0, 0.05) is 40.3 Å². The van der Waals surface area contributed by atoms with Gasteiger partial charge in [0.15, 0.2) is 0 Å². The molecule has 0 aliphatic carbocycles. The van der Waals surface area contributed by atoms with Gasteiger partial charge in [0.1, 0.15) is 5.82 Å². The van der Waals surface area contributed by atoms with E-state index in [1.165, 1.54) is 0 Å². The highest BCUT2D eigenvalue weighted by molar-refractivity contribution is 9.10. The Kier molecular flexibility index (Phi) is 4.49. The molecule has 2 aromatic carbocycles. The third-order valence-corrected chi connectivity index (χ3v) is 4.89. The molecule has 4 aromatic rings. The minimum atomic E-state index is -0.194. The van der Waals surface area contributed by atoms with Crippen molar-refractivity contribution in [1.29, 1.82) is 0 Å². The summed E-state index contributed by atoms with van der Waals surface area (Å²) in [6.45, 7) is 2.04. The SMILES string of the molecule is Cc1ccccc1-c1cc(NC(=O)c2ccc3cc(Br)cnc3c2)n(C)n1. The van der Waals surface area contributed by atoms with Crippen molar-refractivity contribution in [2.24, 2.45) is 7.05 Å². The van der Waals surface area contributed by atoms with E-state index in [2.05, 4.69) is 31.3 Å². The van der Waals surface area contributed by atoms with Gasteiger partial charge in [-0.2, -0.15) is 5.10 Å². The van der Waals surface area contributed by atoms with Crippen LogP contribution < -0.4 is 5.32 Å². The average molecular weight is 421 g/mol. The van der Waals surface area contributed by atoms with E-state index in [1.807, 2.05) is 56.4 Å². The Morgan fingerprint density at radius 3 is 2.74 bits per heavy atom. The monoisotopic (exact) mass is 420 g/mol. The molecule has 1 amide bonds. The first-order valence-electron chi connectivity index (χ1n) is 8.48. The van der Waals surface area contributed by atoms with E-state index in [0.29, 0.717) is 11.4 Å². The van der Waals surface area contributed by atoms with E-state index in [4.69, 9.17) is 0 Å². The van der Waals surface area contributed by atoms with Crippen LogP contribution in [0.3, 0.4) is 0 Å². The van der Waals surface area contributed by atoms with Crippen molar-refractivity contribution < 1.29 is 4.79 Å². The van der Waals surface area contributed by atoms with Gasteiger partial charge in [-0.25, -0.2) is 0 Å². The van der Waals surface area contributed by atoms with Crippen molar-refractivity contribution in [1.82, 2.24) is 14.8 Å². The van der Waals surface area contributed by atoms with Gasteiger partial charge in [0.05, 0.1) is 11.2 Å². The van der Waals surface area contributed by atoms with Crippen molar-refractivity contribution in [3.63, 3.8) is 0 Å². The molecular formula is C21H17BrN4O. The van der Waals surface area contributed by atoms with Crippen LogP contribution in [-0.2, 0) is 7.05 Å². The number of anilines is 1. The predicted molar refractivity (Wildman–Crippen MR) is 111 cm³/mol. The van der Waals surface area contributed by atoms with Crippen LogP contribution in [0.1, 0.15) is 15.9 Å². The highest BCUT2D eigenvalue weighted by Gasteiger charge is 2.13. The summed E-state index contributed by atoms with van der Waals surface area (Å²) in [7, 11) is 1.82. The van der Waals surface area contributed by atoms with Crippen LogP contribution in [0.4, 0.5) is 5.82 Å². The molecule has 0 aliphatic rings. The lowest BCUT2D eigenvalue weighted by Crippen LogP contribution is -2.14. The standard InChI is InChI=1S/C21H17BrN4O/c1-13-5-3-4-6-17(13)19-11-20(26(2)25-19)24-21(27)15-8-7-14-9-16(22)12-23-18(14)10-15/h3-12H,1-2H3,(H,24,27). The van der Waals surface area contributed by atoms with E-state index >= 15 is 0 Å². The number of nitrogens with zero attached hydrogens (tertiary/aromatic N) is 3. The lowest BCUT2D eigenvalue weighted by atomic mass is 10.1. The predicted octanol–water partition coefficient (Wildman–Crippen LogP) is 4.96. The van der Waals surface area contributed by atoms with E-state index < -0.39 is 0 Å². The van der Waals surface area contributed by atoms with Crippen LogP contribution in [0.15, 0.2) is 65.3 Å². The number of nitrogens with one attached hydrogen (secondary N) is 1. The highest BCUT2D eigenvalue weighted by atomic mass is 79.9. The van der Waals surface area contributed by atoms with Gasteiger partial charge < -0.3 is 5.32 Å². The quantitative estimate of drug-likeness (QED) is 0.509. The Bertz CT molecular complexity index is 1170. The molecule has 1 N–H and O–H groups in total. The zero-order chi connectivity index (χ0) is 19.0. The van der Waals surface area contributed by atoms with E-state index in [0.717, 1.165) is 32.2 Å². The first-order chi connectivity index (χ1) is 13.0. The van der Waals surface area contributed by atoms with Crippen LogP contribution in [0.25, 0.3) is 22.2 Å². The lowest BCUT2D eigenvalue weighted by Gasteiger charge is -2.06. The van der Waals surface area contributed by atoms with E-state index in [-0.39, 0.29) is 5.91 Å². The fourth-order valence-electron chi connectivity index (χ4n) is 3.00. The number of amides is 1. The van der Waals surface area contributed by atoms with Crippen molar-refractivity contribution in [3.8, 4) is 11.3 Å². The largest absolute Gasteiger partial charge is 0.307 e. The van der Waals surface area contributed by atoms with Crippen LogP contribution in [0.5, 0.6) is 0 Å². The average Bonchev–Trinajstić information content (AvgIpc) is 3.01. The third-order valence-electron chi connectivity index (χ3n) is 4.46. The van der Waals surface area contributed by atoms with Gasteiger partial charge in [-0.15, -0.1) is 0 Å². The number of rotatable bonds is 3. The van der Waals surface area contributed by atoms with Crippen LogP contribution in [0.2, 0.25) is 0 Å². The molecule has 0 saturated carbocycles. The maximum atomic E-state index is 12.7. The van der Waals surface area contributed by atoms with Crippen molar-refractivity contribution in [2.45, 2.75) is 6.92 Å². The Hall–Kier alpha value is -2.99. The fourth-order valence-corrected chi connectivity index (χ4v) is 3.35. The minimum Gasteiger partial charge on any atom is -0.307 e. The van der Waals surface area contributed by atoms with Gasteiger partial charge in [-0.05, 0) is 46.6 Å². The van der Waals surface area contributed by atoms with Crippen LogP contribution >= 0.6 is 15.9 Å². The summed E-state index contributed by atoms with van der Waals surface area (Å²) in [6.07, 6.45) is 1.72. The molecule has 4 rings (SSSR count). The molecule has 0 aliphatic heterocycles. The zero-order valence-corrected chi connectivity index (χ0v) is 16.5. The van der Waals surface area contributed by atoms with Gasteiger partial charge in [-0.3, -0.25) is 14.5 Å². The zero-order valence-electron chi connectivity index (χ0n) is 14.9. The number of aryl methyl sites for hydroxylation is 2. The molecule has 27 heavy (non-hydrogen) atoms. The highest BCUT2D eigenvalue weighted by Crippen LogP contribution is 2.25. The maximum Gasteiger partial charge on any atom is 0.256 e. The molecular weight excluding hydrogens is 404 g/mol. The molecule has 0 unspecified atom stereocenters. The first-order valence-corrected chi connectivity index (χ1v) is 9.27. The summed E-state index contributed by atoms with van der Waals surface area (Å²) >= 11 is 3.41. The molecule has 6 heteroatoms. The van der Waals surface area contributed by atoms with Gasteiger partial charge in [0.2, 0.25) is 0 Å². The van der Waals surface area contributed by atoms with Crippen molar-refractivity contribution >= 4 is 38.6 Å². The Labute approximate surface area is 165 Å². The number of halogens is 1. The Morgan fingerprint density at radius 1 is 1.11 bits per heavy atom. The summed E-state index contributed by atoms with van der Waals surface area (Å²) in [6, 6.07) is 17.4. The summed E-state index contributed by atoms with van der Waals surface area (Å²) in [4.78, 5) is 17.1. The molecule has 0 radical (unpaired) electrons. The Morgan fingerprint density at radius 2 is 1.93 bits per heavy atom. The summed E-state index contributed by atoms with van der Waals surface area (Å²) in [5.74, 6) is 0.447. The Balaban J connectivity index is 1.62. The number of aromatic nitrogens is 3. The molecule has 5 nitrogen and oxygen atoms in total. The van der Waals surface area contributed by atoms with Crippen molar-refractivity contribution in [2.75, 3.05) is 5.32 Å². The molecule has 0 fully saturated rings. The smallest absolute Gasteiger partial charge is 0.256 e. The molecule has 0 atom stereocenters. The van der Waals surface area contributed by atoms with Gasteiger partial charge in [-0.1, -0.05) is 30.3 Å². The van der Waals surface area contributed by atoms with E-state index in [1.54, 1.807) is 23.0 Å².